The van der Waals surface area contributed by atoms with E-state index in [0.29, 0.717) is 17.4 Å². The molecule has 1 aromatic heterocycles. The molecule has 84 valence electrons. The second-order valence-corrected chi connectivity index (χ2v) is 4.04. The van der Waals surface area contributed by atoms with Gasteiger partial charge in [-0.15, -0.1) is 0 Å². The third-order valence-electron chi connectivity index (χ3n) is 2.38. The second kappa shape index (κ2) is 4.14. The lowest BCUT2D eigenvalue weighted by Crippen LogP contribution is -2.03. The lowest BCUT2D eigenvalue weighted by molar-refractivity contribution is 0.622. The lowest BCUT2D eigenvalue weighted by Gasteiger charge is -2.05. The summed E-state index contributed by atoms with van der Waals surface area (Å²) in [6, 6.07) is 4.65. The molecule has 0 bridgehead atoms. The van der Waals surface area contributed by atoms with Crippen LogP contribution in [-0.4, -0.2) is 9.78 Å². The Balaban J connectivity index is 2.27. The highest BCUT2D eigenvalue weighted by Crippen LogP contribution is 2.17. The maximum absolute atomic E-state index is 12.9. The third kappa shape index (κ3) is 2.17. The Morgan fingerprint density at radius 3 is 2.81 bits per heavy atom. The number of rotatable bonds is 2. The minimum atomic E-state index is -0.237. The van der Waals surface area contributed by atoms with Gasteiger partial charge in [0.2, 0.25) is 0 Å². The molecule has 16 heavy (non-hydrogen) atoms. The number of hydrogen-bond donors (Lipinski definition) is 1. The molecule has 2 rings (SSSR count). The quantitative estimate of drug-likeness (QED) is 0.876. The van der Waals surface area contributed by atoms with Gasteiger partial charge in [-0.05, 0) is 30.2 Å². The highest BCUT2D eigenvalue weighted by molar-refractivity contribution is 6.32. The third-order valence-corrected chi connectivity index (χ3v) is 2.67. The first-order valence-electron chi connectivity index (χ1n) is 4.79. The van der Waals surface area contributed by atoms with Gasteiger partial charge in [-0.2, -0.15) is 5.10 Å². The average Bonchev–Trinajstić information content (AvgIpc) is 2.51. The van der Waals surface area contributed by atoms with Gasteiger partial charge in [-0.3, -0.25) is 4.68 Å². The first-order valence-corrected chi connectivity index (χ1v) is 5.17. The predicted octanol–water partition coefficient (Wildman–Crippen LogP) is 2.61. The fourth-order valence-electron chi connectivity index (χ4n) is 1.50. The van der Waals surface area contributed by atoms with Crippen molar-refractivity contribution in [2.45, 2.75) is 13.5 Å². The number of anilines is 1. The summed E-state index contributed by atoms with van der Waals surface area (Å²) in [5.41, 5.74) is 7.40. The molecule has 0 amide bonds. The van der Waals surface area contributed by atoms with Crippen LogP contribution in [0.15, 0.2) is 24.4 Å². The largest absolute Gasteiger partial charge is 0.381 e. The molecule has 0 atom stereocenters. The van der Waals surface area contributed by atoms with E-state index in [2.05, 4.69) is 5.10 Å². The van der Waals surface area contributed by atoms with Crippen molar-refractivity contribution in [1.82, 2.24) is 9.78 Å². The minimum absolute atomic E-state index is 0.237. The number of aromatic nitrogens is 2. The van der Waals surface area contributed by atoms with E-state index in [1.807, 2.05) is 6.92 Å². The van der Waals surface area contributed by atoms with Crippen molar-refractivity contribution >= 4 is 17.4 Å². The molecule has 2 aromatic rings. The summed E-state index contributed by atoms with van der Waals surface area (Å²) in [5.74, 6) is 0.0701. The lowest BCUT2D eigenvalue weighted by atomic mass is 10.1. The van der Waals surface area contributed by atoms with Gasteiger partial charge in [0.05, 0.1) is 6.54 Å². The zero-order chi connectivity index (χ0) is 11.7. The van der Waals surface area contributed by atoms with Crippen LogP contribution in [0.1, 0.15) is 11.1 Å². The van der Waals surface area contributed by atoms with Crippen molar-refractivity contribution in [3.05, 3.63) is 46.4 Å². The summed E-state index contributed by atoms with van der Waals surface area (Å²) in [7, 11) is 0. The van der Waals surface area contributed by atoms with Gasteiger partial charge in [0.1, 0.15) is 10.8 Å². The first kappa shape index (κ1) is 11.0. The molecule has 0 fully saturated rings. The van der Waals surface area contributed by atoms with Crippen LogP contribution in [0.5, 0.6) is 0 Å². The Morgan fingerprint density at radius 1 is 1.50 bits per heavy atom. The van der Waals surface area contributed by atoms with Crippen LogP contribution in [0.4, 0.5) is 10.2 Å². The number of nitrogens with two attached hydrogens (primary N) is 1. The molecule has 0 aliphatic carbocycles. The standard InChI is InChI=1S/C11H11ClFN3/c1-7-4-9(13)3-2-8(7)5-16-6-10(12)11(14)15-16/h2-4,6H,5H2,1H3,(H2,14,15). The monoisotopic (exact) mass is 239 g/mol. The molecule has 5 heteroatoms. The van der Waals surface area contributed by atoms with E-state index in [9.17, 15) is 4.39 Å². The molecule has 1 aromatic carbocycles. The van der Waals surface area contributed by atoms with Crippen LogP contribution in [0.25, 0.3) is 0 Å². The fraction of sp³-hybridized carbons (Fsp3) is 0.182. The molecule has 0 aliphatic rings. The molecular formula is C11H11ClFN3. The van der Waals surface area contributed by atoms with Gasteiger partial charge in [0.15, 0.2) is 5.82 Å². The average molecular weight is 240 g/mol. The van der Waals surface area contributed by atoms with Gasteiger partial charge in [0.25, 0.3) is 0 Å². The molecule has 0 saturated carbocycles. The van der Waals surface area contributed by atoms with Gasteiger partial charge >= 0.3 is 0 Å². The summed E-state index contributed by atoms with van der Waals surface area (Å²) in [6.45, 7) is 2.38. The number of aryl methyl sites for hydroxylation is 1. The Labute approximate surface area is 97.6 Å². The van der Waals surface area contributed by atoms with Gasteiger partial charge in [-0.25, -0.2) is 4.39 Å². The number of hydrogen-bond acceptors (Lipinski definition) is 2. The highest BCUT2D eigenvalue weighted by atomic mass is 35.5. The molecule has 3 nitrogen and oxygen atoms in total. The maximum atomic E-state index is 12.9. The van der Waals surface area contributed by atoms with Crippen molar-refractivity contribution in [2.75, 3.05) is 5.73 Å². The molecule has 0 unspecified atom stereocenters. The summed E-state index contributed by atoms with van der Waals surface area (Å²) in [4.78, 5) is 0. The van der Waals surface area contributed by atoms with Crippen molar-refractivity contribution < 1.29 is 4.39 Å². The van der Waals surface area contributed by atoms with Gasteiger partial charge in [0, 0.05) is 6.20 Å². The number of benzene rings is 1. The van der Waals surface area contributed by atoms with Crippen LogP contribution in [-0.2, 0) is 6.54 Å². The van der Waals surface area contributed by atoms with E-state index in [-0.39, 0.29) is 5.82 Å². The van der Waals surface area contributed by atoms with Gasteiger partial charge in [-0.1, -0.05) is 17.7 Å². The van der Waals surface area contributed by atoms with E-state index >= 15 is 0 Å². The van der Waals surface area contributed by atoms with Crippen molar-refractivity contribution in [1.29, 1.82) is 0 Å². The van der Waals surface area contributed by atoms with Gasteiger partial charge < -0.3 is 5.73 Å². The highest BCUT2D eigenvalue weighted by Gasteiger charge is 2.05. The Bertz CT molecular complexity index is 502. The molecule has 2 N–H and O–H groups in total. The van der Waals surface area contributed by atoms with E-state index in [0.717, 1.165) is 11.1 Å². The predicted molar refractivity (Wildman–Crippen MR) is 61.9 cm³/mol. The van der Waals surface area contributed by atoms with Crippen molar-refractivity contribution in [3.63, 3.8) is 0 Å². The summed E-state index contributed by atoms with van der Waals surface area (Å²) >= 11 is 5.79. The van der Waals surface area contributed by atoms with E-state index < -0.39 is 0 Å². The van der Waals surface area contributed by atoms with Crippen molar-refractivity contribution in [2.24, 2.45) is 0 Å². The Morgan fingerprint density at radius 2 is 2.25 bits per heavy atom. The Kier molecular flexibility index (Phi) is 2.83. The smallest absolute Gasteiger partial charge is 0.164 e. The summed E-state index contributed by atoms with van der Waals surface area (Å²) in [6.07, 6.45) is 1.65. The first-order chi connectivity index (χ1) is 7.56. The zero-order valence-corrected chi connectivity index (χ0v) is 9.50. The number of halogens is 2. The molecule has 0 spiro atoms. The van der Waals surface area contributed by atoms with Crippen LogP contribution >= 0.6 is 11.6 Å². The van der Waals surface area contributed by atoms with Crippen LogP contribution in [0.3, 0.4) is 0 Å². The van der Waals surface area contributed by atoms with Crippen LogP contribution in [0, 0.1) is 12.7 Å². The fourth-order valence-corrected chi connectivity index (χ4v) is 1.65. The minimum Gasteiger partial charge on any atom is -0.381 e. The SMILES string of the molecule is Cc1cc(F)ccc1Cn1cc(Cl)c(N)n1. The number of nitrogens with zero attached hydrogens (tertiary/aromatic N) is 2. The van der Waals surface area contributed by atoms with E-state index in [1.54, 1.807) is 16.9 Å². The molecule has 0 aliphatic heterocycles. The van der Waals surface area contributed by atoms with E-state index in [4.69, 9.17) is 17.3 Å². The molecule has 1 heterocycles. The van der Waals surface area contributed by atoms with Crippen molar-refractivity contribution in [3.8, 4) is 0 Å². The second-order valence-electron chi connectivity index (χ2n) is 3.63. The normalized spacial score (nSPS) is 10.7. The maximum Gasteiger partial charge on any atom is 0.164 e. The Hall–Kier alpha value is -1.55. The van der Waals surface area contributed by atoms with Crippen LogP contribution in [0.2, 0.25) is 5.02 Å². The molecular weight excluding hydrogens is 229 g/mol. The topological polar surface area (TPSA) is 43.8 Å². The number of nitrogen functional groups attached to an aromatic ring is 1. The summed E-state index contributed by atoms with van der Waals surface area (Å²) < 4.78 is 14.5. The zero-order valence-electron chi connectivity index (χ0n) is 8.74. The van der Waals surface area contributed by atoms with Crippen LogP contribution < -0.4 is 5.73 Å². The summed E-state index contributed by atoms with van der Waals surface area (Å²) in [5, 5.41) is 4.47. The molecule has 0 radical (unpaired) electrons. The molecule has 0 saturated heterocycles. The van der Waals surface area contributed by atoms with E-state index in [1.165, 1.54) is 12.1 Å².